The summed E-state index contributed by atoms with van der Waals surface area (Å²) in [7, 11) is 1.81. The highest BCUT2D eigenvalue weighted by atomic mass is 16.5. The second kappa shape index (κ2) is 8.90. The molecule has 1 aromatic carbocycles. The van der Waals surface area contributed by atoms with Gasteiger partial charge in [-0.3, -0.25) is 18.8 Å². The summed E-state index contributed by atoms with van der Waals surface area (Å²) in [5, 5.41) is 17.9. The van der Waals surface area contributed by atoms with Gasteiger partial charge in [0.1, 0.15) is 16.9 Å². The minimum atomic E-state index is -0.855. The van der Waals surface area contributed by atoms with Gasteiger partial charge in [-0.25, -0.2) is 9.97 Å². The van der Waals surface area contributed by atoms with Crippen LogP contribution in [0.15, 0.2) is 30.6 Å². The summed E-state index contributed by atoms with van der Waals surface area (Å²) < 4.78 is 8.73. The number of carbonyl (C=O) groups is 2. The standard InChI is InChI=1S/C25H31N7O4/c1-24(2,3)23(35)36-13-32-11-16(22(34)29-25(4,5)12-33)20-21(32)27-10-17(28-20)19-15-8-7-14(26)9-18(15)31(6)30-19/h7-11,33H,12-13,26H2,1-6H3,(H,29,34). The zero-order valence-electron chi connectivity index (χ0n) is 21.3. The minimum absolute atomic E-state index is 0.136. The predicted octanol–water partition coefficient (Wildman–Crippen LogP) is 2.61. The van der Waals surface area contributed by atoms with E-state index in [1.807, 2.05) is 19.2 Å². The fourth-order valence-electron chi connectivity index (χ4n) is 3.65. The first kappa shape index (κ1) is 25.1. The van der Waals surface area contributed by atoms with Crippen LogP contribution in [0.5, 0.6) is 0 Å². The topological polar surface area (TPSA) is 150 Å². The molecule has 0 bridgehead atoms. The van der Waals surface area contributed by atoms with Crippen LogP contribution in [0.4, 0.5) is 5.69 Å². The number of nitrogens with zero attached hydrogens (tertiary/aromatic N) is 5. The van der Waals surface area contributed by atoms with Gasteiger partial charge in [0.2, 0.25) is 0 Å². The van der Waals surface area contributed by atoms with Crippen LogP contribution in [0, 0.1) is 5.41 Å². The van der Waals surface area contributed by atoms with Crippen LogP contribution in [-0.2, 0) is 23.3 Å². The smallest absolute Gasteiger partial charge is 0.312 e. The van der Waals surface area contributed by atoms with Gasteiger partial charge < -0.3 is 20.9 Å². The van der Waals surface area contributed by atoms with Gasteiger partial charge in [0, 0.05) is 24.3 Å². The van der Waals surface area contributed by atoms with E-state index in [-0.39, 0.29) is 24.9 Å². The van der Waals surface area contributed by atoms with E-state index in [1.165, 1.54) is 0 Å². The Morgan fingerprint density at radius 2 is 1.92 bits per heavy atom. The van der Waals surface area contributed by atoms with Crippen molar-refractivity contribution in [3.8, 4) is 11.4 Å². The quantitative estimate of drug-likeness (QED) is 0.274. The maximum atomic E-state index is 13.2. The molecular weight excluding hydrogens is 462 g/mol. The van der Waals surface area contributed by atoms with Crippen molar-refractivity contribution >= 4 is 39.6 Å². The minimum Gasteiger partial charge on any atom is -0.443 e. The number of aliphatic hydroxyl groups is 1. The van der Waals surface area contributed by atoms with Gasteiger partial charge >= 0.3 is 5.97 Å². The third kappa shape index (κ3) is 4.74. The molecule has 0 aliphatic carbocycles. The Balaban J connectivity index is 1.83. The molecule has 0 fully saturated rings. The zero-order chi connectivity index (χ0) is 26.4. The highest BCUT2D eigenvalue weighted by molar-refractivity contribution is 6.05. The number of nitrogens with one attached hydrogen (secondary N) is 1. The molecule has 3 heterocycles. The summed E-state index contributed by atoms with van der Waals surface area (Å²) in [6, 6.07) is 5.48. The second-order valence-corrected chi connectivity index (χ2v) is 10.5. The van der Waals surface area contributed by atoms with Crippen molar-refractivity contribution < 1.29 is 19.4 Å². The van der Waals surface area contributed by atoms with E-state index in [2.05, 4.69) is 15.4 Å². The van der Waals surface area contributed by atoms with Crippen LogP contribution in [0.1, 0.15) is 45.0 Å². The Kier molecular flexibility index (Phi) is 6.21. The molecule has 0 saturated heterocycles. The number of aromatic nitrogens is 5. The summed E-state index contributed by atoms with van der Waals surface area (Å²) in [5.74, 6) is -0.828. The molecule has 0 atom stereocenters. The Morgan fingerprint density at radius 3 is 2.58 bits per heavy atom. The molecule has 0 aliphatic rings. The average molecular weight is 494 g/mol. The first-order valence-corrected chi connectivity index (χ1v) is 11.5. The van der Waals surface area contributed by atoms with Gasteiger partial charge in [-0.05, 0) is 52.8 Å². The summed E-state index contributed by atoms with van der Waals surface area (Å²) in [6.45, 7) is 8.31. The van der Waals surface area contributed by atoms with Crippen molar-refractivity contribution in [1.82, 2.24) is 29.6 Å². The van der Waals surface area contributed by atoms with Crippen LogP contribution in [0.3, 0.4) is 0 Å². The number of esters is 1. The predicted molar refractivity (Wildman–Crippen MR) is 136 cm³/mol. The number of anilines is 1. The van der Waals surface area contributed by atoms with E-state index in [4.69, 9.17) is 15.5 Å². The number of nitrogens with two attached hydrogens (primary N) is 1. The van der Waals surface area contributed by atoms with E-state index in [9.17, 15) is 14.7 Å². The van der Waals surface area contributed by atoms with Crippen LogP contribution < -0.4 is 11.1 Å². The Labute approximate surface area is 208 Å². The van der Waals surface area contributed by atoms with Gasteiger partial charge in [0.05, 0.1) is 34.8 Å². The van der Waals surface area contributed by atoms with Crippen molar-refractivity contribution in [2.24, 2.45) is 12.5 Å². The molecule has 4 aromatic rings. The van der Waals surface area contributed by atoms with E-state index in [0.29, 0.717) is 28.2 Å². The Bertz CT molecular complexity index is 1480. The Hall–Kier alpha value is -3.99. The number of aliphatic hydroxyl groups excluding tert-OH is 1. The number of fused-ring (bicyclic) bond motifs is 2. The molecule has 1 amide bonds. The molecule has 0 unspecified atom stereocenters. The fraction of sp³-hybridized carbons (Fsp3) is 0.400. The molecule has 0 radical (unpaired) electrons. The van der Waals surface area contributed by atoms with Crippen molar-refractivity contribution in [1.29, 1.82) is 0 Å². The number of rotatable bonds is 6. The number of aryl methyl sites for hydroxylation is 1. The highest BCUT2D eigenvalue weighted by Crippen LogP contribution is 2.29. The van der Waals surface area contributed by atoms with Crippen LogP contribution in [0.25, 0.3) is 33.5 Å². The molecule has 4 N–H and O–H groups in total. The zero-order valence-corrected chi connectivity index (χ0v) is 21.3. The third-order valence-electron chi connectivity index (χ3n) is 5.72. The lowest BCUT2D eigenvalue weighted by Gasteiger charge is -2.23. The molecule has 190 valence electrons. The summed E-state index contributed by atoms with van der Waals surface area (Å²) in [6.07, 6.45) is 3.12. The average Bonchev–Trinajstić information content (AvgIpc) is 3.33. The van der Waals surface area contributed by atoms with E-state index < -0.39 is 16.9 Å². The molecule has 11 heteroatoms. The van der Waals surface area contributed by atoms with Gasteiger partial charge in [0.15, 0.2) is 12.4 Å². The highest BCUT2D eigenvalue weighted by Gasteiger charge is 2.27. The van der Waals surface area contributed by atoms with Gasteiger partial charge in [-0.2, -0.15) is 5.10 Å². The molecule has 36 heavy (non-hydrogen) atoms. The summed E-state index contributed by atoms with van der Waals surface area (Å²) >= 11 is 0. The van der Waals surface area contributed by atoms with E-state index >= 15 is 0 Å². The van der Waals surface area contributed by atoms with Crippen molar-refractivity contribution in [2.45, 2.75) is 46.9 Å². The van der Waals surface area contributed by atoms with Crippen molar-refractivity contribution in [3.63, 3.8) is 0 Å². The molecule has 0 aliphatic heterocycles. The molecule has 11 nitrogen and oxygen atoms in total. The third-order valence-corrected chi connectivity index (χ3v) is 5.72. The number of nitrogen functional groups attached to an aromatic ring is 1. The van der Waals surface area contributed by atoms with Crippen molar-refractivity contribution in [3.05, 3.63) is 36.2 Å². The van der Waals surface area contributed by atoms with Crippen LogP contribution >= 0.6 is 0 Å². The molecular formula is C25H31N7O4. The molecule has 3 aromatic heterocycles. The summed E-state index contributed by atoms with van der Waals surface area (Å²) in [5.41, 5.74) is 7.84. The number of hydrogen-bond donors (Lipinski definition) is 3. The van der Waals surface area contributed by atoms with Gasteiger partial charge in [-0.15, -0.1) is 0 Å². The number of ether oxygens (including phenoxy) is 1. The first-order chi connectivity index (χ1) is 16.8. The fourth-order valence-corrected chi connectivity index (χ4v) is 3.65. The molecule has 0 saturated carbocycles. The maximum absolute atomic E-state index is 13.2. The first-order valence-electron chi connectivity index (χ1n) is 11.5. The number of hydrogen-bond acceptors (Lipinski definition) is 8. The van der Waals surface area contributed by atoms with Gasteiger partial charge in [-0.1, -0.05) is 0 Å². The largest absolute Gasteiger partial charge is 0.443 e. The molecule has 4 rings (SSSR count). The van der Waals surface area contributed by atoms with Crippen molar-refractivity contribution in [2.75, 3.05) is 12.3 Å². The number of benzene rings is 1. The van der Waals surface area contributed by atoms with Crippen LogP contribution in [-0.4, -0.2) is 53.4 Å². The number of amides is 1. The SMILES string of the molecule is Cn1nc(-c2cnc3c(n2)c(C(=O)NC(C)(C)CO)cn3COC(=O)C(C)(C)C)c2ccc(N)cc21. The lowest BCUT2D eigenvalue weighted by atomic mass is 9.98. The van der Waals surface area contributed by atoms with E-state index in [1.54, 1.807) is 62.3 Å². The Morgan fingerprint density at radius 1 is 1.19 bits per heavy atom. The lowest BCUT2D eigenvalue weighted by Crippen LogP contribution is -2.46. The molecule has 0 spiro atoms. The monoisotopic (exact) mass is 493 g/mol. The van der Waals surface area contributed by atoms with E-state index in [0.717, 1.165) is 10.9 Å². The normalized spacial score (nSPS) is 12.3. The maximum Gasteiger partial charge on any atom is 0.312 e. The summed E-state index contributed by atoms with van der Waals surface area (Å²) in [4.78, 5) is 34.8. The second-order valence-electron chi connectivity index (χ2n) is 10.5. The van der Waals surface area contributed by atoms with Gasteiger partial charge in [0.25, 0.3) is 5.91 Å². The number of carbonyl (C=O) groups excluding carboxylic acids is 2. The lowest BCUT2D eigenvalue weighted by molar-refractivity contribution is -0.156. The van der Waals surface area contributed by atoms with Crippen LogP contribution in [0.2, 0.25) is 0 Å².